The lowest BCUT2D eigenvalue weighted by Gasteiger charge is -2.20. The smallest absolute Gasteiger partial charge is 0.0595 e. The molecule has 1 N–H and O–H groups in total. The SMILES string of the molecule is CCNC(c1ccc(Cl)c(Cl)c1)c1ccc(C)c(Br)c1. The summed E-state index contributed by atoms with van der Waals surface area (Å²) in [6.45, 7) is 5.04. The van der Waals surface area contributed by atoms with Crippen LogP contribution in [0.2, 0.25) is 10.0 Å². The molecule has 0 saturated heterocycles. The molecule has 0 aromatic heterocycles. The van der Waals surface area contributed by atoms with Gasteiger partial charge in [-0.25, -0.2) is 0 Å². The Bertz CT molecular complexity index is 562. The molecule has 20 heavy (non-hydrogen) atoms. The van der Waals surface area contributed by atoms with Crippen LogP contribution in [0.25, 0.3) is 0 Å². The van der Waals surface area contributed by atoms with Gasteiger partial charge in [0.15, 0.2) is 0 Å². The van der Waals surface area contributed by atoms with Crippen LogP contribution in [0.5, 0.6) is 0 Å². The number of benzene rings is 2. The third kappa shape index (κ3) is 3.56. The molecule has 0 radical (unpaired) electrons. The van der Waals surface area contributed by atoms with Crippen molar-refractivity contribution >= 4 is 39.1 Å². The summed E-state index contributed by atoms with van der Waals surface area (Å²) in [6.07, 6.45) is 0. The minimum Gasteiger partial charge on any atom is -0.307 e. The maximum atomic E-state index is 6.13. The second kappa shape index (κ2) is 6.95. The summed E-state index contributed by atoms with van der Waals surface area (Å²) in [7, 11) is 0. The van der Waals surface area contributed by atoms with Crippen LogP contribution in [0.1, 0.15) is 29.7 Å². The lowest BCUT2D eigenvalue weighted by atomic mass is 9.98. The molecule has 1 nitrogen and oxygen atoms in total. The first-order valence-electron chi connectivity index (χ1n) is 6.47. The summed E-state index contributed by atoms with van der Waals surface area (Å²) in [5.74, 6) is 0. The van der Waals surface area contributed by atoms with E-state index in [1.165, 1.54) is 11.1 Å². The molecule has 1 unspecified atom stereocenters. The van der Waals surface area contributed by atoms with Crippen molar-refractivity contribution in [3.05, 3.63) is 67.6 Å². The van der Waals surface area contributed by atoms with E-state index >= 15 is 0 Å². The van der Waals surface area contributed by atoms with Gasteiger partial charge in [-0.15, -0.1) is 0 Å². The molecule has 0 bridgehead atoms. The summed E-state index contributed by atoms with van der Waals surface area (Å²) in [6, 6.07) is 12.3. The third-order valence-electron chi connectivity index (χ3n) is 3.21. The number of aryl methyl sites for hydroxylation is 1. The number of hydrogen-bond donors (Lipinski definition) is 1. The molecule has 0 heterocycles. The Morgan fingerprint density at radius 2 is 1.70 bits per heavy atom. The highest BCUT2D eigenvalue weighted by atomic mass is 79.9. The minimum atomic E-state index is 0.103. The maximum absolute atomic E-state index is 6.13. The molecule has 0 aliphatic heterocycles. The summed E-state index contributed by atoms with van der Waals surface area (Å²) in [4.78, 5) is 0. The monoisotopic (exact) mass is 371 g/mol. The summed E-state index contributed by atoms with van der Waals surface area (Å²) in [5.41, 5.74) is 3.53. The molecule has 2 aromatic rings. The highest BCUT2D eigenvalue weighted by Crippen LogP contribution is 2.30. The first-order valence-corrected chi connectivity index (χ1v) is 8.02. The van der Waals surface area contributed by atoms with Crippen LogP contribution in [0, 0.1) is 6.92 Å². The Balaban J connectivity index is 2.44. The predicted molar refractivity (Wildman–Crippen MR) is 90.9 cm³/mol. The van der Waals surface area contributed by atoms with Gasteiger partial charge in [-0.3, -0.25) is 0 Å². The van der Waals surface area contributed by atoms with Crippen molar-refractivity contribution in [3.63, 3.8) is 0 Å². The molecule has 106 valence electrons. The molecule has 2 aromatic carbocycles. The van der Waals surface area contributed by atoms with E-state index in [4.69, 9.17) is 23.2 Å². The first kappa shape index (κ1) is 15.8. The van der Waals surface area contributed by atoms with Crippen LogP contribution in [0.4, 0.5) is 0 Å². The average Bonchev–Trinajstić information content (AvgIpc) is 2.43. The lowest BCUT2D eigenvalue weighted by Crippen LogP contribution is -2.22. The Labute approximate surface area is 138 Å². The molecule has 0 saturated carbocycles. The second-order valence-electron chi connectivity index (χ2n) is 4.67. The quantitative estimate of drug-likeness (QED) is 0.718. The fraction of sp³-hybridized carbons (Fsp3) is 0.250. The Morgan fingerprint density at radius 3 is 2.30 bits per heavy atom. The van der Waals surface area contributed by atoms with Crippen LogP contribution in [0.3, 0.4) is 0 Å². The van der Waals surface area contributed by atoms with Gasteiger partial charge in [0.2, 0.25) is 0 Å². The Morgan fingerprint density at radius 1 is 1.05 bits per heavy atom. The van der Waals surface area contributed by atoms with E-state index in [-0.39, 0.29) is 6.04 Å². The van der Waals surface area contributed by atoms with Crippen LogP contribution in [0.15, 0.2) is 40.9 Å². The summed E-state index contributed by atoms with van der Waals surface area (Å²) >= 11 is 15.7. The highest BCUT2D eigenvalue weighted by molar-refractivity contribution is 9.10. The van der Waals surface area contributed by atoms with Crippen molar-refractivity contribution in [3.8, 4) is 0 Å². The van der Waals surface area contributed by atoms with Crippen molar-refractivity contribution in [2.45, 2.75) is 19.9 Å². The largest absolute Gasteiger partial charge is 0.307 e. The van der Waals surface area contributed by atoms with Crippen molar-refractivity contribution < 1.29 is 0 Å². The molecule has 0 aliphatic rings. The van der Waals surface area contributed by atoms with Gasteiger partial charge in [0.05, 0.1) is 16.1 Å². The van der Waals surface area contributed by atoms with Crippen LogP contribution >= 0.6 is 39.1 Å². The molecule has 0 fully saturated rings. The summed E-state index contributed by atoms with van der Waals surface area (Å²) in [5, 5.41) is 4.65. The molecule has 0 aliphatic carbocycles. The Hall–Kier alpha value is -0.540. The maximum Gasteiger partial charge on any atom is 0.0595 e. The van der Waals surface area contributed by atoms with E-state index < -0.39 is 0 Å². The molecule has 2 rings (SSSR count). The van der Waals surface area contributed by atoms with Crippen molar-refractivity contribution in [2.75, 3.05) is 6.54 Å². The van der Waals surface area contributed by atoms with E-state index in [1.54, 1.807) is 0 Å². The summed E-state index contributed by atoms with van der Waals surface area (Å²) < 4.78 is 1.11. The minimum absolute atomic E-state index is 0.103. The van der Waals surface area contributed by atoms with E-state index in [2.05, 4.69) is 53.3 Å². The van der Waals surface area contributed by atoms with Gasteiger partial charge in [-0.1, -0.05) is 64.3 Å². The first-order chi connectivity index (χ1) is 9.52. The van der Waals surface area contributed by atoms with Crippen molar-refractivity contribution in [1.29, 1.82) is 0 Å². The van der Waals surface area contributed by atoms with Crippen LogP contribution in [-0.4, -0.2) is 6.54 Å². The Kier molecular flexibility index (Phi) is 5.50. The lowest BCUT2D eigenvalue weighted by molar-refractivity contribution is 0.630. The zero-order valence-electron chi connectivity index (χ0n) is 11.4. The predicted octanol–water partition coefficient (Wildman–Crippen LogP) is 5.76. The highest BCUT2D eigenvalue weighted by Gasteiger charge is 2.15. The zero-order valence-corrected chi connectivity index (χ0v) is 14.5. The topological polar surface area (TPSA) is 12.0 Å². The van der Waals surface area contributed by atoms with Gasteiger partial charge >= 0.3 is 0 Å². The second-order valence-corrected chi connectivity index (χ2v) is 6.34. The number of nitrogens with one attached hydrogen (secondary N) is 1. The fourth-order valence-electron chi connectivity index (χ4n) is 2.11. The van der Waals surface area contributed by atoms with E-state index in [0.717, 1.165) is 16.6 Å². The van der Waals surface area contributed by atoms with Crippen molar-refractivity contribution in [2.24, 2.45) is 0 Å². The van der Waals surface area contributed by atoms with Gasteiger partial charge in [0, 0.05) is 4.47 Å². The average molecular weight is 373 g/mol. The number of hydrogen-bond acceptors (Lipinski definition) is 1. The molecular weight excluding hydrogens is 357 g/mol. The van der Waals surface area contributed by atoms with Gasteiger partial charge in [0.25, 0.3) is 0 Å². The third-order valence-corrected chi connectivity index (χ3v) is 4.81. The molecule has 1 atom stereocenters. The van der Waals surface area contributed by atoms with E-state index in [0.29, 0.717) is 10.0 Å². The fourth-order valence-corrected chi connectivity index (χ4v) is 2.82. The van der Waals surface area contributed by atoms with E-state index in [9.17, 15) is 0 Å². The normalized spacial score (nSPS) is 12.4. The van der Waals surface area contributed by atoms with Crippen LogP contribution < -0.4 is 5.32 Å². The number of rotatable bonds is 4. The van der Waals surface area contributed by atoms with Gasteiger partial charge in [-0.05, 0) is 48.4 Å². The molecular formula is C16H16BrCl2N. The van der Waals surface area contributed by atoms with Crippen LogP contribution in [-0.2, 0) is 0 Å². The standard InChI is InChI=1S/C16H16BrCl2N/c1-3-20-16(11-5-4-10(2)13(17)8-11)12-6-7-14(18)15(19)9-12/h4-9,16,20H,3H2,1-2H3. The van der Waals surface area contributed by atoms with E-state index in [1.807, 2.05) is 18.2 Å². The molecule has 4 heteroatoms. The molecule has 0 amide bonds. The van der Waals surface area contributed by atoms with Gasteiger partial charge in [-0.2, -0.15) is 0 Å². The number of halogens is 3. The van der Waals surface area contributed by atoms with Gasteiger partial charge < -0.3 is 5.32 Å². The zero-order chi connectivity index (χ0) is 14.7. The molecule has 0 spiro atoms. The van der Waals surface area contributed by atoms with Gasteiger partial charge in [0.1, 0.15) is 0 Å². The van der Waals surface area contributed by atoms with Crippen molar-refractivity contribution in [1.82, 2.24) is 5.32 Å².